The molecule has 0 unspecified atom stereocenters. The van der Waals surface area contributed by atoms with Crippen LogP contribution in [0.4, 0.5) is 5.82 Å². The molecule has 1 aliphatic rings. The standard InChI is InChI=1S/C23H29N5O/c1-27-12-14-28(15-13-27)23-19(7-5-11-24-23)17-26-22(29)10-4-6-18-16-25-21-9-3-2-8-20(18)21/h2-3,5,7-9,11,16,25H,4,6,10,12-15,17H2,1H3,(H,26,29). The predicted molar refractivity (Wildman–Crippen MR) is 117 cm³/mol. The Balaban J connectivity index is 1.28. The van der Waals surface area contributed by atoms with Gasteiger partial charge in [0.15, 0.2) is 0 Å². The van der Waals surface area contributed by atoms with E-state index in [1.807, 2.05) is 18.3 Å². The molecule has 2 aromatic heterocycles. The van der Waals surface area contributed by atoms with Gasteiger partial charge in [0.25, 0.3) is 0 Å². The fourth-order valence-corrected chi connectivity index (χ4v) is 3.93. The number of likely N-dealkylation sites (N-methyl/N-ethyl adjacent to an activating group) is 1. The first-order valence-corrected chi connectivity index (χ1v) is 10.4. The number of nitrogens with zero attached hydrogens (tertiary/aromatic N) is 3. The highest BCUT2D eigenvalue weighted by molar-refractivity contribution is 5.83. The number of piperazine rings is 1. The van der Waals surface area contributed by atoms with Gasteiger partial charge >= 0.3 is 0 Å². The highest BCUT2D eigenvalue weighted by Crippen LogP contribution is 2.20. The molecule has 0 bridgehead atoms. The molecule has 0 aliphatic carbocycles. The molecular formula is C23H29N5O. The van der Waals surface area contributed by atoms with Crippen molar-refractivity contribution in [2.75, 3.05) is 38.1 Å². The number of hydrogen-bond acceptors (Lipinski definition) is 4. The van der Waals surface area contributed by atoms with Gasteiger partial charge in [0.05, 0.1) is 0 Å². The minimum Gasteiger partial charge on any atom is -0.361 e. The van der Waals surface area contributed by atoms with Crippen LogP contribution in [0.5, 0.6) is 0 Å². The van der Waals surface area contributed by atoms with E-state index < -0.39 is 0 Å². The largest absolute Gasteiger partial charge is 0.361 e. The van der Waals surface area contributed by atoms with Gasteiger partial charge in [-0.2, -0.15) is 0 Å². The highest BCUT2D eigenvalue weighted by Gasteiger charge is 2.18. The zero-order valence-electron chi connectivity index (χ0n) is 17.0. The molecule has 1 aromatic carbocycles. The first kappa shape index (κ1) is 19.5. The Morgan fingerprint density at radius 2 is 1.93 bits per heavy atom. The average Bonchev–Trinajstić information content (AvgIpc) is 3.16. The Hall–Kier alpha value is -2.86. The maximum atomic E-state index is 12.4. The fourth-order valence-electron chi connectivity index (χ4n) is 3.93. The van der Waals surface area contributed by atoms with Crippen LogP contribution in [-0.2, 0) is 17.8 Å². The van der Waals surface area contributed by atoms with E-state index in [-0.39, 0.29) is 5.91 Å². The number of anilines is 1. The average molecular weight is 392 g/mol. The van der Waals surface area contributed by atoms with Crippen molar-refractivity contribution < 1.29 is 4.79 Å². The monoisotopic (exact) mass is 391 g/mol. The van der Waals surface area contributed by atoms with Crippen LogP contribution in [0, 0.1) is 0 Å². The molecule has 4 rings (SSSR count). The molecular weight excluding hydrogens is 362 g/mol. The molecule has 2 N–H and O–H groups in total. The third-order valence-corrected chi connectivity index (χ3v) is 5.67. The van der Waals surface area contributed by atoms with Crippen molar-refractivity contribution in [2.24, 2.45) is 0 Å². The van der Waals surface area contributed by atoms with E-state index in [0.29, 0.717) is 13.0 Å². The SMILES string of the molecule is CN1CCN(c2ncccc2CNC(=O)CCCc2c[nH]c3ccccc23)CC1. The Morgan fingerprint density at radius 1 is 1.10 bits per heavy atom. The second kappa shape index (κ2) is 9.09. The van der Waals surface area contributed by atoms with Crippen LogP contribution in [0.2, 0.25) is 0 Å². The number of carbonyl (C=O) groups is 1. The lowest BCUT2D eigenvalue weighted by atomic mass is 10.1. The maximum Gasteiger partial charge on any atom is 0.220 e. The number of fused-ring (bicyclic) bond motifs is 1. The second-order valence-corrected chi connectivity index (χ2v) is 7.77. The van der Waals surface area contributed by atoms with E-state index >= 15 is 0 Å². The van der Waals surface area contributed by atoms with Gasteiger partial charge in [0.2, 0.25) is 5.91 Å². The normalized spacial score (nSPS) is 15.0. The number of carbonyl (C=O) groups excluding carboxylic acids is 1. The molecule has 0 radical (unpaired) electrons. The molecule has 1 fully saturated rings. The smallest absolute Gasteiger partial charge is 0.220 e. The number of benzene rings is 1. The van der Waals surface area contributed by atoms with E-state index in [1.165, 1.54) is 10.9 Å². The van der Waals surface area contributed by atoms with Crippen molar-refractivity contribution in [1.29, 1.82) is 0 Å². The van der Waals surface area contributed by atoms with Gasteiger partial charge in [0, 0.05) is 68.0 Å². The Bertz CT molecular complexity index is 959. The van der Waals surface area contributed by atoms with Crippen LogP contribution in [0.15, 0.2) is 48.8 Å². The van der Waals surface area contributed by atoms with Gasteiger partial charge < -0.3 is 20.1 Å². The van der Waals surface area contributed by atoms with Gasteiger partial charge in [-0.05, 0) is 37.6 Å². The van der Waals surface area contributed by atoms with Crippen molar-refractivity contribution in [3.63, 3.8) is 0 Å². The maximum absolute atomic E-state index is 12.4. The molecule has 6 heteroatoms. The summed E-state index contributed by atoms with van der Waals surface area (Å²) in [5, 5.41) is 4.33. The Labute approximate surface area is 171 Å². The molecule has 0 spiro atoms. The van der Waals surface area contributed by atoms with Crippen LogP contribution in [0.1, 0.15) is 24.0 Å². The number of aryl methyl sites for hydroxylation is 1. The third-order valence-electron chi connectivity index (χ3n) is 5.67. The van der Waals surface area contributed by atoms with Crippen molar-refractivity contribution in [3.8, 4) is 0 Å². The number of aromatic amines is 1. The van der Waals surface area contributed by atoms with Gasteiger partial charge in [-0.1, -0.05) is 24.3 Å². The summed E-state index contributed by atoms with van der Waals surface area (Å²) in [7, 11) is 2.15. The Morgan fingerprint density at radius 3 is 2.79 bits per heavy atom. The number of H-pyrrole nitrogens is 1. The van der Waals surface area contributed by atoms with E-state index in [2.05, 4.69) is 62.6 Å². The first-order chi connectivity index (χ1) is 14.2. The number of amides is 1. The molecule has 1 amide bonds. The van der Waals surface area contributed by atoms with Crippen molar-refractivity contribution in [1.82, 2.24) is 20.2 Å². The summed E-state index contributed by atoms with van der Waals surface area (Å²) in [6.45, 7) is 4.55. The molecule has 152 valence electrons. The number of aromatic nitrogens is 2. The van der Waals surface area contributed by atoms with Gasteiger partial charge in [-0.3, -0.25) is 4.79 Å². The van der Waals surface area contributed by atoms with Gasteiger partial charge in [0.1, 0.15) is 5.82 Å². The number of hydrogen-bond donors (Lipinski definition) is 2. The first-order valence-electron chi connectivity index (χ1n) is 10.4. The summed E-state index contributed by atoms with van der Waals surface area (Å²) in [4.78, 5) is 24.9. The summed E-state index contributed by atoms with van der Waals surface area (Å²) in [5.41, 5.74) is 3.51. The van der Waals surface area contributed by atoms with Gasteiger partial charge in [-0.15, -0.1) is 0 Å². The molecule has 1 aliphatic heterocycles. The van der Waals surface area contributed by atoms with Crippen LogP contribution in [0.3, 0.4) is 0 Å². The van der Waals surface area contributed by atoms with Crippen LogP contribution >= 0.6 is 0 Å². The predicted octanol–water partition coefficient (Wildman–Crippen LogP) is 2.95. The van der Waals surface area contributed by atoms with Crippen LogP contribution < -0.4 is 10.2 Å². The summed E-state index contributed by atoms with van der Waals surface area (Å²) in [6, 6.07) is 12.3. The minimum absolute atomic E-state index is 0.0954. The quantitative estimate of drug-likeness (QED) is 0.650. The second-order valence-electron chi connectivity index (χ2n) is 7.77. The number of nitrogens with one attached hydrogen (secondary N) is 2. The topological polar surface area (TPSA) is 64.3 Å². The number of rotatable bonds is 7. The molecule has 0 saturated carbocycles. The van der Waals surface area contributed by atoms with E-state index in [9.17, 15) is 4.79 Å². The van der Waals surface area contributed by atoms with Crippen LogP contribution in [-0.4, -0.2) is 54.0 Å². The molecule has 3 heterocycles. The summed E-state index contributed by atoms with van der Waals surface area (Å²) < 4.78 is 0. The van der Waals surface area contributed by atoms with E-state index in [4.69, 9.17) is 0 Å². The minimum atomic E-state index is 0.0954. The fraction of sp³-hybridized carbons (Fsp3) is 0.391. The lowest BCUT2D eigenvalue weighted by Crippen LogP contribution is -2.45. The van der Waals surface area contributed by atoms with Crippen molar-refractivity contribution >= 4 is 22.6 Å². The molecule has 0 atom stereocenters. The molecule has 29 heavy (non-hydrogen) atoms. The highest BCUT2D eigenvalue weighted by atomic mass is 16.1. The van der Waals surface area contributed by atoms with E-state index in [0.717, 1.165) is 55.9 Å². The summed E-state index contributed by atoms with van der Waals surface area (Å²) in [5.74, 6) is 1.10. The number of para-hydroxylation sites is 1. The summed E-state index contributed by atoms with van der Waals surface area (Å²) >= 11 is 0. The van der Waals surface area contributed by atoms with Gasteiger partial charge in [-0.25, -0.2) is 4.98 Å². The van der Waals surface area contributed by atoms with Crippen LogP contribution in [0.25, 0.3) is 10.9 Å². The zero-order chi connectivity index (χ0) is 20.1. The van der Waals surface area contributed by atoms with E-state index in [1.54, 1.807) is 0 Å². The molecule has 3 aromatic rings. The number of pyridine rings is 1. The lowest BCUT2D eigenvalue weighted by molar-refractivity contribution is -0.121. The lowest BCUT2D eigenvalue weighted by Gasteiger charge is -2.34. The molecule has 6 nitrogen and oxygen atoms in total. The zero-order valence-corrected chi connectivity index (χ0v) is 17.0. The third kappa shape index (κ3) is 4.77. The van der Waals surface area contributed by atoms with Crippen molar-refractivity contribution in [3.05, 3.63) is 59.9 Å². The molecule has 1 saturated heterocycles. The summed E-state index contributed by atoms with van der Waals surface area (Å²) in [6.07, 6.45) is 6.16. The van der Waals surface area contributed by atoms with Crippen molar-refractivity contribution in [2.45, 2.75) is 25.8 Å². The Kier molecular flexibility index (Phi) is 6.10.